The normalized spacial score (nSPS) is 13.6. The summed E-state index contributed by atoms with van der Waals surface area (Å²) in [5.41, 5.74) is 0.916. The molecular weight excluding hydrogens is 356 g/mol. The monoisotopic (exact) mass is 378 g/mol. The van der Waals surface area contributed by atoms with Gasteiger partial charge in [-0.3, -0.25) is 9.59 Å². The van der Waals surface area contributed by atoms with Gasteiger partial charge in [-0.25, -0.2) is 4.68 Å². The van der Waals surface area contributed by atoms with E-state index in [1.165, 1.54) is 12.5 Å². The Balaban J connectivity index is 1.56. The van der Waals surface area contributed by atoms with Gasteiger partial charge in [-0.15, -0.1) is 10.2 Å². The van der Waals surface area contributed by atoms with Crippen LogP contribution in [-0.4, -0.2) is 30.5 Å². The van der Waals surface area contributed by atoms with E-state index in [1.54, 1.807) is 11.6 Å². The molecule has 8 heteroatoms. The fraction of sp³-hybridized carbons (Fsp3) is 0.350. The second-order valence-electron chi connectivity index (χ2n) is 6.92. The SMILES string of the molecule is Cc1cc(=O)c(C(=O)NCc2nnc3n2CCCCC3)nn1-c1ccccc1. The summed E-state index contributed by atoms with van der Waals surface area (Å²) in [6.07, 6.45) is 4.26. The largest absolute Gasteiger partial charge is 0.343 e. The molecule has 0 saturated heterocycles. The molecule has 0 fully saturated rings. The molecular formula is C20H22N6O2. The predicted molar refractivity (Wildman–Crippen MR) is 103 cm³/mol. The first-order chi connectivity index (χ1) is 13.6. The molecule has 0 atom stereocenters. The summed E-state index contributed by atoms with van der Waals surface area (Å²) in [6, 6.07) is 10.8. The van der Waals surface area contributed by atoms with Gasteiger partial charge in [0.05, 0.1) is 12.2 Å². The number of nitrogens with one attached hydrogen (secondary N) is 1. The van der Waals surface area contributed by atoms with Gasteiger partial charge in [0.1, 0.15) is 5.82 Å². The zero-order valence-corrected chi connectivity index (χ0v) is 15.8. The van der Waals surface area contributed by atoms with Gasteiger partial charge in [0, 0.05) is 24.7 Å². The minimum absolute atomic E-state index is 0.134. The zero-order valence-electron chi connectivity index (χ0n) is 15.8. The van der Waals surface area contributed by atoms with Gasteiger partial charge in [-0.2, -0.15) is 5.10 Å². The standard InChI is InChI=1S/C20H22N6O2/c1-14-12-16(27)19(24-26(14)15-8-4-2-5-9-15)20(28)21-13-18-23-22-17-10-6-3-7-11-25(17)18/h2,4-5,8-9,12H,3,6-7,10-11,13H2,1H3,(H,21,28). The minimum Gasteiger partial charge on any atom is -0.343 e. The predicted octanol–water partition coefficient (Wildman–Crippen LogP) is 1.79. The molecule has 1 amide bonds. The van der Waals surface area contributed by atoms with Crippen molar-refractivity contribution in [2.75, 3.05) is 0 Å². The van der Waals surface area contributed by atoms with Crippen LogP contribution in [0.1, 0.15) is 47.1 Å². The van der Waals surface area contributed by atoms with Crippen LogP contribution < -0.4 is 10.7 Å². The van der Waals surface area contributed by atoms with Crippen molar-refractivity contribution in [1.29, 1.82) is 0 Å². The molecule has 28 heavy (non-hydrogen) atoms. The fourth-order valence-corrected chi connectivity index (χ4v) is 3.45. The van der Waals surface area contributed by atoms with E-state index in [1.807, 2.05) is 30.3 Å². The molecule has 0 spiro atoms. The first-order valence-electron chi connectivity index (χ1n) is 9.49. The molecule has 1 aliphatic heterocycles. The molecule has 3 heterocycles. The topological polar surface area (TPSA) is 94.7 Å². The second-order valence-corrected chi connectivity index (χ2v) is 6.92. The number of benzene rings is 1. The highest BCUT2D eigenvalue weighted by molar-refractivity contribution is 5.91. The summed E-state index contributed by atoms with van der Waals surface area (Å²) < 4.78 is 3.66. The average molecular weight is 378 g/mol. The van der Waals surface area contributed by atoms with Gasteiger partial charge in [-0.1, -0.05) is 24.6 Å². The van der Waals surface area contributed by atoms with Crippen LogP contribution in [0, 0.1) is 6.92 Å². The van der Waals surface area contributed by atoms with E-state index in [-0.39, 0.29) is 12.2 Å². The molecule has 0 unspecified atom stereocenters. The number of rotatable bonds is 4. The van der Waals surface area contributed by atoms with Gasteiger partial charge in [0.25, 0.3) is 5.91 Å². The zero-order chi connectivity index (χ0) is 19.5. The minimum atomic E-state index is -0.513. The molecule has 1 aromatic carbocycles. The smallest absolute Gasteiger partial charge is 0.276 e. The maximum absolute atomic E-state index is 12.6. The number of para-hydroxylation sites is 1. The van der Waals surface area contributed by atoms with Crippen LogP contribution in [0.5, 0.6) is 0 Å². The fourth-order valence-electron chi connectivity index (χ4n) is 3.45. The number of hydrogen-bond donors (Lipinski definition) is 1. The highest BCUT2D eigenvalue weighted by Crippen LogP contribution is 2.14. The Kier molecular flexibility index (Phi) is 5.01. The summed E-state index contributed by atoms with van der Waals surface area (Å²) in [5, 5.41) is 15.5. The van der Waals surface area contributed by atoms with Crippen LogP contribution in [0.15, 0.2) is 41.2 Å². The Morgan fingerprint density at radius 2 is 1.96 bits per heavy atom. The number of carbonyl (C=O) groups excluding carboxylic acids is 1. The first kappa shape index (κ1) is 18.1. The Labute approximate surface area is 162 Å². The van der Waals surface area contributed by atoms with E-state index in [0.717, 1.165) is 37.3 Å². The molecule has 3 aromatic rings. The molecule has 0 bridgehead atoms. The Hall–Kier alpha value is -3.29. The van der Waals surface area contributed by atoms with Crippen LogP contribution in [0.4, 0.5) is 0 Å². The maximum atomic E-state index is 12.6. The number of amides is 1. The van der Waals surface area contributed by atoms with Crippen molar-refractivity contribution in [2.24, 2.45) is 0 Å². The number of nitrogens with zero attached hydrogens (tertiary/aromatic N) is 5. The second kappa shape index (κ2) is 7.75. The molecule has 4 rings (SSSR count). The molecule has 2 aromatic heterocycles. The average Bonchev–Trinajstić information content (AvgIpc) is 2.93. The van der Waals surface area contributed by atoms with E-state index >= 15 is 0 Å². The summed E-state index contributed by atoms with van der Waals surface area (Å²) in [4.78, 5) is 25.0. The number of aromatic nitrogens is 5. The Morgan fingerprint density at radius 1 is 1.14 bits per heavy atom. The van der Waals surface area contributed by atoms with Gasteiger partial charge in [0.2, 0.25) is 5.43 Å². The maximum Gasteiger partial charge on any atom is 0.276 e. The lowest BCUT2D eigenvalue weighted by molar-refractivity contribution is 0.0941. The van der Waals surface area contributed by atoms with Crippen molar-refractivity contribution in [3.8, 4) is 5.69 Å². The lowest BCUT2D eigenvalue weighted by Gasteiger charge is -2.11. The summed E-state index contributed by atoms with van der Waals surface area (Å²) in [5.74, 6) is 1.16. The Bertz CT molecular complexity index is 1050. The highest BCUT2D eigenvalue weighted by atomic mass is 16.2. The lowest BCUT2D eigenvalue weighted by atomic mass is 10.2. The third-order valence-electron chi connectivity index (χ3n) is 4.92. The third-order valence-corrected chi connectivity index (χ3v) is 4.92. The highest BCUT2D eigenvalue weighted by Gasteiger charge is 2.18. The summed E-state index contributed by atoms with van der Waals surface area (Å²) >= 11 is 0. The van der Waals surface area contributed by atoms with Crippen molar-refractivity contribution in [2.45, 2.75) is 45.7 Å². The van der Waals surface area contributed by atoms with Gasteiger partial charge < -0.3 is 9.88 Å². The van der Waals surface area contributed by atoms with Crippen LogP contribution in [-0.2, 0) is 19.5 Å². The van der Waals surface area contributed by atoms with E-state index in [9.17, 15) is 9.59 Å². The van der Waals surface area contributed by atoms with E-state index in [0.29, 0.717) is 11.5 Å². The molecule has 144 valence electrons. The van der Waals surface area contributed by atoms with Crippen molar-refractivity contribution < 1.29 is 4.79 Å². The molecule has 1 N–H and O–H groups in total. The number of fused-ring (bicyclic) bond motifs is 1. The van der Waals surface area contributed by atoms with Crippen molar-refractivity contribution >= 4 is 5.91 Å². The first-order valence-corrected chi connectivity index (χ1v) is 9.49. The van der Waals surface area contributed by atoms with Crippen LogP contribution in [0.25, 0.3) is 5.69 Å². The quantitative estimate of drug-likeness (QED) is 0.747. The summed E-state index contributed by atoms with van der Waals surface area (Å²) in [6.45, 7) is 2.86. The van der Waals surface area contributed by atoms with Gasteiger partial charge >= 0.3 is 0 Å². The molecule has 1 aliphatic rings. The van der Waals surface area contributed by atoms with E-state index in [2.05, 4.69) is 25.2 Å². The van der Waals surface area contributed by atoms with Gasteiger partial charge in [0.15, 0.2) is 11.5 Å². The van der Waals surface area contributed by atoms with E-state index < -0.39 is 11.3 Å². The van der Waals surface area contributed by atoms with E-state index in [4.69, 9.17) is 0 Å². The summed E-state index contributed by atoms with van der Waals surface area (Å²) in [7, 11) is 0. The van der Waals surface area contributed by atoms with Crippen LogP contribution >= 0.6 is 0 Å². The van der Waals surface area contributed by atoms with Crippen molar-refractivity contribution in [3.63, 3.8) is 0 Å². The number of hydrogen-bond acceptors (Lipinski definition) is 5. The number of aryl methyl sites for hydroxylation is 2. The van der Waals surface area contributed by atoms with Crippen LogP contribution in [0.3, 0.4) is 0 Å². The molecule has 0 saturated carbocycles. The lowest BCUT2D eigenvalue weighted by Crippen LogP contribution is -2.32. The van der Waals surface area contributed by atoms with Crippen molar-refractivity contribution in [1.82, 2.24) is 29.9 Å². The van der Waals surface area contributed by atoms with Gasteiger partial charge in [-0.05, 0) is 31.9 Å². The van der Waals surface area contributed by atoms with Crippen molar-refractivity contribution in [3.05, 3.63) is 69.7 Å². The van der Waals surface area contributed by atoms with Crippen LogP contribution in [0.2, 0.25) is 0 Å². The molecule has 8 nitrogen and oxygen atoms in total. The molecule has 0 aliphatic carbocycles. The third kappa shape index (κ3) is 3.58. The number of carbonyl (C=O) groups is 1. The Morgan fingerprint density at radius 3 is 2.79 bits per heavy atom. The molecule has 0 radical (unpaired) electrons.